The van der Waals surface area contributed by atoms with Gasteiger partial charge in [0.1, 0.15) is 5.78 Å². The number of ketones is 1. The predicted molar refractivity (Wildman–Crippen MR) is 75.0 cm³/mol. The molecule has 19 heavy (non-hydrogen) atoms. The zero-order chi connectivity index (χ0) is 14.1. The number of carbonyl (C=O) groups excluding carboxylic acids is 1. The van der Waals surface area contributed by atoms with Crippen molar-refractivity contribution in [3.8, 4) is 5.75 Å². The third kappa shape index (κ3) is 6.37. The van der Waals surface area contributed by atoms with Crippen LogP contribution in [0.4, 0.5) is 4.39 Å². The van der Waals surface area contributed by atoms with E-state index in [-0.39, 0.29) is 11.6 Å². The van der Waals surface area contributed by atoms with E-state index in [0.717, 1.165) is 37.7 Å². The highest BCUT2D eigenvalue weighted by atomic mass is 19.1. The van der Waals surface area contributed by atoms with Crippen LogP contribution in [0.1, 0.15) is 51.5 Å². The summed E-state index contributed by atoms with van der Waals surface area (Å²) in [6, 6.07) is 5.06. The maximum atomic E-state index is 13.5. The first-order chi connectivity index (χ1) is 9.13. The molecule has 0 amide bonds. The van der Waals surface area contributed by atoms with Crippen LogP contribution in [0.15, 0.2) is 18.2 Å². The number of halogens is 1. The average Bonchev–Trinajstić information content (AvgIpc) is 2.38. The maximum Gasteiger partial charge on any atom is 0.165 e. The molecule has 3 heteroatoms. The number of ether oxygens (including phenoxy) is 1. The van der Waals surface area contributed by atoms with Gasteiger partial charge in [-0.25, -0.2) is 4.39 Å². The molecule has 0 spiro atoms. The molecule has 106 valence electrons. The Kier molecular flexibility index (Phi) is 7.16. The topological polar surface area (TPSA) is 26.3 Å². The molecule has 0 atom stereocenters. The van der Waals surface area contributed by atoms with Gasteiger partial charge in [0.25, 0.3) is 0 Å². The lowest BCUT2D eigenvalue weighted by Crippen LogP contribution is -1.98. The molecule has 0 radical (unpaired) electrons. The number of unbranched alkanes of at least 4 members (excludes halogenated alkanes) is 2. The van der Waals surface area contributed by atoms with Crippen LogP contribution in [-0.4, -0.2) is 12.4 Å². The predicted octanol–water partition coefficient (Wildman–Crippen LogP) is 4.31. The van der Waals surface area contributed by atoms with Crippen molar-refractivity contribution in [2.75, 3.05) is 6.61 Å². The second-order valence-electron chi connectivity index (χ2n) is 4.88. The molecule has 0 aliphatic rings. The van der Waals surface area contributed by atoms with Crippen molar-refractivity contribution in [2.24, 2.45) is 0 Å². The van der Waals surface area contributed by atoms with Crippen molar-refractivity contribution in [2.45, 2.75) is 52.4 Å². The second-order valence-corrected chi connectivity index (χ2v) is 4.88. The minimum absolute atomic E-state index is 0.247. The van der Waals surface area contributed by atoms with Crippen LogP contribution >= 0.6 is 0 Å². The van der Waals surface area contributed by atoms with E-state index in [1.165, 1.54) is 6.07 Å². The number of aryl methyl sites for hydroxylation is 1. The first-order valence-electron chi connectivity index (χ1n) is 7.04. The fourth-order valence-corrected chi connectivity index (χ4v) is 1.91. The van der Waals surface area contributed by atoms with E-state index in [4.69, 9.17) is 4.74 Å². The summed E-state index contributed by atoms with van der Waals surface area (Å²) in [6.07, 6.45) is 5.42. The Bertz CT molecular complexity index is 402. The van der Waals surface area contributed by atoms with E-state index in [9.17, 15) is 9.18 Å². The van der Waals surface area contributed by atoms with Crippen LogP contribution in [0.2, 0.25) is 0 Å². The van der Waals surface area contributed by atoms with Crippen molar-refractivity contribution in [3.63, 3.8) is 0 Å². The summed E-state index contributed by atoms with van der Waals surface area (Å²) < 4.78 is 18.8. The second kappa shape index (κ2) is 8.68. The number of rotatable bonds is 9. The average molecular weight is 266 g/mol. The number of hydrogen-bond acceptors (Lipinski definition) is 2. The van der Waals surface area contributed by atoms with Gasteiger partial charge in [-0.1, -0.05) is 19.4 Å². The largest absolute Gasteiger partial charge is 0.491 e. The SMILES string of the molecule is CCCOc1cc(CCCCCC(C)=O)ccc1F. The lowest BCUT2D eigenvalue weighted by Gasteiger charge is -2.08. The van der Waals surface area contributed by atoms with Gasteiger partial charge in [-0.05, 0) is 50.3 Å². The summed E-state index contributed by atoms with van der Waals surface area (Å²) in [5.41, 5.74) is 1.09. The van der Waals surface area contributed by atoms with Crippen LogP contribution < -0.4 is 4.74 Å². The van der Waals surface area contributed by atoms with Gasteiger partial charge < -0.3 is 9.53 Å². The number of hydrogen-bond donors (Lipinski definition) is 0. The van der Waals surface area contributed by atoms with Crippen LogP contribution in [-0.2, 0) is 11.2 Å². The molecule has 1 rings (SSSR count). The maximum absolute atomic E-state index is 13.5. The van der Waals surface area contributed by atoms with Gasteiger partial charge in [-0.3, -0.25) is 0 Å². The van der Waals surface area contributed by atoms with Gasteiger partial charge in [0, 0.05) is 6.42 Å². The van der Waals surface area contributed by atoms with E-state index in [1.54, 1.807) is 19.1 Å². The Hall–Kier alpha value is -1.38. The normalized spacial score (nSPS) is 10.5. The Morgan fingerprint density at radius 2 is 2.05 bits per heavy atom. The quantitative estimate of drug-likeness (QED) is 0.623. The molecule has 0 N–H and O–H groups in total. The van der Waals surface area contributed by atoms with Crippen molar-refractivity contribution in [3.05, 3.63) is 29.6 Å². The van der Waals surface area contributed by atoms with E-state index >= 15 is 0 Å². The van der Waals surface area contributed by atoms with Gasteiger partial charge in [-0.15, -0.1) is 0 Å². The molecule has 0 aromatic heterocycles. The molecule has 1 aromatic rings. The molecule has 1 aromatic carbocycles. The third-order valence-corrected chi connectivity index (χ3v) is 2.95. The Morgan fingerprint density at radius 3 is 2.74 bits per heavy atom. The number of carbonyl (C=O) groups is 1. The molecule has 0 aliphatic carbocycles. The molecule has 0 heterocycles. The van der Waals surface area contributed by atoms with E-state index in [0.29, 0.717) is 18.8 Å². The van der Waals surface area contributed by atoms with Gasteiger partial charge in [0.2, 0.25) is 0 Å². The first kappa shape index (κ1) is 15.7. The van der Waals surface area contributed by atoms with Crippen LogP contribution in [0.5, 0.6) is 5.75 Å². The minimum atomic E-state index is -0.297. The van der Waals surface area contributed by atoms with Crippen molar-refractivity contribution in [1.82, 2.24) is 0 Å². The van der Waals surface area contributed by atoms with Crippen LogP contribution in [0.25, 0.3) is 0 Å². The molecular formula is C16H23FO2. The Labute approximate surface area is 115 Å². The third-order valence-electron chi connectivity index (χ3n) is 2.95. The van der Waals surface area contributed by atoms with Gasteiger partial charge in [-0.2, -0.15) is 0 Å². The van der Waals surface area contributed by atoms with Gasteiger partial charge in [0.15, 0.2) is 11.6 Å². The summed E-state index contributed by atoms with van der Waals surface area (Å²) in [6.45, 7) is 4.16. The monoisotopic (exact) mass is 266 g/mol. The standard InChI is InChI=1S/C16H23FO2/c1-3-11-19-16-12-14(9-10-15(16)17)8-6-4-5-7-13(2)18/h9-10,12H,3-8,11H2,1-2H3. The molecule has 2 nitrogen and oxygen atoms in total. The highest BCUT2D eigenvalue weighted by Crippen LogP contribution is 2.20. The molecule has 0 aliphatic heterocycles. The van der Waals surface area contributed by atoms with Crippen LogP contribution in [0, 0.1) is 5.82 Å². The van der Waals surface area contributed by atoms with Crippen molar-refractivity contribution >= 4 is 5.78 Å². The fraction of sp³-hybridized carbons (Fsp3) is 0.562. The molecular weight excluding hydrogens is 243 g/mol. The fourth-order valence-electron chi connectivity index (χ4n) is 1.91. The Balaban J connectivity index is 2.39. The van der Waals surface area contributed by atoms with Gasteiger partial charge >= 0.3 is 0 Å². The van der Waals surface area contributed by atoms with Crippen molar-refractivity contribution < 1.29 is 13.9 Å². The smallest absolute Gasteiger partial charge is 0.165 e. The molecule has 0 bridgehead atoms. The first-order valence-corrected chi connectivity index (χ1v) is 7.04. The molecule has 0 fully saturated rings. The zero-order valence-corrected chi connectivity index (χ0v) is 11.9. The number of benzene rings is 1. The summed E-state index contributed by atoms with van der Waals surface area (Å²) >= 11 is 0. The highest BCUT2D eigenvalue weighted by molar-refractivity contribution is 5.75. The summed E-state index contributed by atoms with van der Waals surface area (Å²) in [5.74, 6) is 0.300. The Morgan fingerprint density at radius 1 is 1.26 bits per heavy atom. The van der Waals surface area contributed by atoms with Crippen molar-refractivity contribution in [1.29, 1.82) is 0 Å². The van der Waals surface area contributed by atoms with E-state index in [1.807, 2.05) is 6.92 Å². The summed E-state index contributed by atoms with van der Waals surface area (Å²) in [7, 11) is 0. The highest BCUT2D eigenvalue weighted by Gasteiger charge is 2.04. The number of Topliss-reactive ketones (excluding diaryl/α,β-unsaturated/α-hetero) is 1. The zero-order valence-electron chi connectivity index (χ0n) is 11.9. The minimum Gasteiger partial charge on any atom is -0.491 e. The van der Waals surface area contributed by atoms with Crippen LogP contribution in [0.3, 0.4) is 0 Å². The van der Waals surface area contributed by atoms with E-state index < -0.39 is 0 Å². The van der Waals surface area contributed by atoms with E-state index in [2.05, 4.69) is 0 Å². The lowest BCUT2D eigenvalue weighted by atomic mass is 10.1. The summed E-state index contributed by atoms with van der Waals surface area (Å²) in [5, 5.41) is 0. The molecule has 0 saturated carbocycles. The summed E-state index contributed by atoms with van der Waals surface area (Å²) in [4.78, 5) is 10.8. The van der Waals surface area contributed by atoms with Gasteiger partial charge in [0.05, 0.1) is 6.61 Å². The molecule has 0 unspecified atom stereocenters. The molecule has 0 saturated heterocycles. The lowest BCUT2D eigenvalue weighted by molar-refractivity contribution is -0.117.